The molecule has 0 aromatic heterocycles. The van der Waals surface area contributed by atoms with Crippen LogP contribution in [0.1, 0.15) is 74.7 Å². The zero-order valence-electron chi connectivity index (χ0n) is 17.0. The minimum atomic E-state index is 0.337. The van der Waals surface area contributed by atoms with E-state index >= 15 is 0 Å². The van der Waals surface area contributed by atoms with Gasteiger partial charge < -0.3 is 4.90 Å². The highest BCUT2D eigenvalue weighted by Gasteiger charge is 2.34. The van der Waals surface area contributed by atoms with Crippen LogP contribution in [0.5, 0.6) is 0 Å². The lowest BCUT2D eigenvalue weighted by Gasteiger charge is -2.31. The molecule has 2 aliphatic rings. The second kappa shape index (κ2) is 8.98. The average Bonchev–Trinajstić information content (AvgIpc) is 3.02. The van der Waals surface area contributed by atoms with E-state index in [0.717, 1.165) is 19.3 Å². The number of rotatable bonds is 4. The zero-order valence-corrected chi connectivity index (χ0v) is 17.0. The van der Waals surface area contributed by atoms with Crippen LogP contribution in [-0.2, 0) is 9.59 Å². The fourth-order valence-electron chi connectivity index (χ4n) is 3.97. The summed E-state index contributed by atoms with van der Waals surface area (Å²) in [6.07, 6.45) is 2.56. The number of carbonyl (C=O) groups excluding carboxylic acids is 2. The molecule has 24 heavy (non-hydrogen) atoms. The first-order chi connectivity index (χ1) is 11.1. The van der Waals surface area contributed by atoms with E-state index in [0.29, 0.717) is 54.2 Å². The summed E-state index contributed by atoms with van der Waals surface area (Å²) >= 11 is 0. The Balaban J connectivity index is 0.000000240. The molecule has 2 heterocycles. The van der Waals surface area contributed by atoms with Crippen molar-refractivity contribution in [2.24, 2.45) is 11.8 Å². The summed E-state index contributed by atoms with van der Waals surface area (Å²) in [7, 11) is 0. The first-order valence-corrected chi connectivity index (χ1v) is 9.64. The molecule has 2 aliphatic heterocycles. The van der Waals surface area contributed by atoms with Crippen molar-refractivity contribution in [2.75, 3.05) is 6.54 Å². The van der Waals surface area contributed by atoms with Gasteiger partial charge in [-0.2, -0.15) is 0 Å². The number of ketones is 1. The molecule has 2 fully saturated rings. The molecule has 0 aliphatic carbocycles. The van der Waals surface area contributed by atoms with Gasteiger partial charge in [0, 0.05) is 37.0 Å². The van der Waals surface area contributed by atoms with Crippen molar-refractivity contribution >= 4 is 11.7 Å². The van der Waals surface area contributed by atoms with Crippen LogP contribution in [0.3, 0.4) is 0 Å². The molecule has 2 atom stereocenters. The smallest absolute Gasteiger partial charge is 0.223 e. The summed E-state index contributed by atoms with van der Waals surface area (Å²) in [5, 5.41) is 0. The number of nitrogens with zero attached hydrogens (tertiary/aromatic N) is 2. The third kappa shape index (κ3) is 5.30. The molecule has 2 saturated heterocycles. The summed E-state index contributed by atoms with van der Waals surface area (Å²) in [6, 6.07) is 1.84. The van der Waals surface area contributed by atoms with Crippen LogP contribution in [0.25, 0.3) is 0 Å². The van der Waals surface area contributed by atoms with E-state index in [1.54, 1.807) is 0 Å². The van der Waals surface area contributed by atoms with Gasteiger partial charge in [-0.15, -0.1) is 0 Å². The molecule has 0 N–H and O–H groups in total. The van der Waals surface area contributed by atoms with Gasteiger partial charge in [0.25, 0.3) is 0 Å². The van der Waals surface area contributed by atoms with Crippen LogP contribution in [0.15, 0.2) is 0 Å². The van der Waals surface area contributed by atoms with Gasteiger partial charge in [0.05, 0.1) is 6.54 Å². The lowest BCUT2D eigenvalue weighted by Crippen LogP contribution is -2.41. The Hall–Kier alpha value is -0.900. The van der Waals surface area contributed by atoms with Crippen molar-refractivity contribution in [1.82, 2.24) is 9.80 Å². The van der Waals surface area contributed by atoms with E-state index in [-0.39, 0.29) is 0 Å². The summed E-state index contributed by atoms with van der Waals surface area (Å²) < 4.78 is 0. The van der Waals surface area contributed by atoms with Crippen molar-refractivity contribution in [1.29, 1.82) is 0 Å². The normalized spacial score (nSPS) is 25.4. The van der Waals surface area contributed by atoms with E-state index < -0.39 is 0 Å². The Bertz CT molecular complexity index is 403. The molecular formula is C20H38N2O2. The van der Waals surface area contributed by atoms with E-state index in [1.807, 2.05) is 4.90 Å². The maximum Gasteiger partial charge on any atom is 0.223 e. The Morgan fingerprint density at radius 2 is 1.38 bits per heavy atom. The lowest BCUT2D eigenvalue weighted by molar-refractivity contribution is -0.131. The summed E-state index contributed by atoms with van der Waals surface area (Å²) in [5.41, 5.74) is 0. The Morgan fingerprint density at radius 3 is 1.71 bits per heavy atom. The molecule has 0 unspecified atom stereocenters. The van der Waals surface area contributed by atoms with Crippen molar-refractivity contribution in [2.45, 2.75) is 98.8 Å². The maximum atomic E-state index is 11.5. The highest BCUT2D eigenvalue weighted by atomic mass is 16.2. The first kappa shape index (κ1) is 21.1. The molecule has 4 heteroatoms. The van der Waals surface area contributed by atoms with Crippen molar-refractivity contribution in [3.63, 3.8) is 0 Å². The SMILES string of the molecule is CC(C)[C@@H]1CC(=O)CN1C(C)C.CC(C)[C@@H]1CCC(=O)N1C(C)C. The molecule has 0 spiro atoms. The van der Waals surface area contributed by atoms with Gasteiger partial charge in [-0.3, -0.25) is 14.5 Å². The van der Waals surface area contributed by atoms with Crippen LogP contribution in [0, 0.1) is 11.8 Å². The number of hydrogen-bond donors (Lipinski definition) is 0. The number of hydrogen-bond acceptors (Lipinski definition) is 3. The van der Waals surface area contributed by atoms with Gasteiger partial charge in [-0.05, 0) is 46.0 Å². The average molecular weight is 339 g/mol. The maximum absolute atomic E-state index is 11.5. The van der Waals surface area contributed by atoms with Gasteiger partial charge >= 0.3 is 0 Å². The van der Waals surface area contributed by atoms with Crippen molar-refractivity contribution in [3.05, 3.63) is 0 Å². The molecular weight excluding hydrogens is 300 g/mol. The molecule has 0 saturated carbocycles. The molecule has 0 radical (unpaired) electrons. The van der Waals surface area contributed by atoms with E-state index in [2.05, 4.69) is 60.3 Å². The van der Waals surface area contributed by atoms with Gasteiger partial charge in [0.15, 0.2) is 0 Å². The van der Waals surface area contributed by atoms with Crippen LogP contribution in [0.4, 0.5) is 0 Å². The third-order valence-corrected chi connectivity index (χ3v) is 5.28. The van der Waals surface area contributed by atoms with Crippen molar-refractivity contribution < 1.29 is 9.59 Å². The Kier molecular flexibility index (Phi) is 7.91. The molecule has 0 bridgehead atoms. The van der Waals surface area contributed by atoms with Crippen LogP contribution in [0.2, 0.25) is 0 Å². The highest BCUT2D eigenvalue weighted by Crippen LogP contribution is 2.26. The number of amides is 1. The monoisotopic (exact) mass is 338 g/mol. The van der Waals surface area contributed by atoms with E-state index in [4.69, 9.17) is 0 Å². The zero-order chi connectivity index (χ0) is 18.6. The van der Waals surface area contributed by atoms with Gasteiger partial charge in [-0.25, -0.2) is 0 Å². The summed E-state index contributed by atoms with van der Waals surface area (Å²) in [6.45, 7) is 18.0. The minimum absolute atomic E-state index is 0.337. The largest absolute Gasteiger partial charge is 0.337 e. The lowest BCUT2D eigenvalue weighted by atomic mass is 10.0. The summed E-state index contributed by atoms with van der Waals surface area (Å²) in [5.74, 6) is 1.93. The Labute approximate surface area is 149 Å². The molecule has 0 aromatic carbocycles. The molecule has 1 amide bonds. The first-order valence-electron chi connectivity index (χ1n) is 9.64. The van der Waals surface area contributed by atoms with Gasteiger partial charge in [0.2, 0.25) is 5.91 Å². The molecule has 4 nitrogen and oxygen atoms in total. The van der Waals surface area contributed by atoms with Gasteiger partial charge in [-0.1, -0.05) is 27.7 Å². The Morgan fingerprint density at radius 1 is 0.833 bits per heavy atom. The van der Waals surface area contributed by atoms with Crippen molar-refractivity contribution in [3.8, 4) is 0 Å². The van der Waals surface area contributed by atoms with E-state index in [1.165, 1.54) is 0 Å². The number of Topliss-reactive ketones (excluding diaryl/α,β-unsaturated/α-hetero) is 1. The number of likely N-dealkylation sites (tertiary alicyclic amines) is 2. The third-order valence-electron chi connectivity index (χ3n) is 5.28. The van der Waals surface area contributed by atoms with Crippen LogP contribution >= 0.6 is 0 Å². The fraction of sp³-hybridized carbons (Fsp3) is 0.900. The molecule has 2 rings (SSSR count). The predicted molar refractivity (Wildman–Crippen MR) is 99.9 cm³/mol. The van der Waals surface area contributed by atoms with Crippen LogP contribution in [-0.4, -0.2) is 52.2 Å². The number of carbonyl (C=O) groups is 2. The van der Waals surface area contributed by atoms with Gasteiger partial charge in [0.1, 0.15) is 5.78 Å². The second-order valence-corrected chi connectivity index (χ2v) is 8.57. The van der Waals surface area contributed by atoms with Crippen LogP contribution < -0.4 is 0 Å². The quantitative estimate of drug-likeness (QED) is 0.784. The molecule has 140 valence electrons. The predicted octanol–water partition coefficient (Wildman–Crippen LogP) is 3.74. The topological polar surface area (TPSA) is 40.6 Å². The standard InChI is InChI=1S/2C10H19NO/c1-7(2)10-5-9(12)6-11(10)8(3)4;1-7(2)9-5-6-10(12)11(9)8(3)4/h7-8,10H,5-6H2,1-4H3;7-9H,5-6H2,1-4H3/t10-;9-/m00/s1. The fourth-order valence-corrected chi connectivity index (χ4v) is 3.97. The highest BCUT2D eigenvalue weighted by molar-refractivity contribution is 5.83. The second-order valence-electron chi connectivity index (χ2n) is 8.57. The minimum Gasteiger partial charge on any atom is -0.337 e. The summed E-state index contributed by atoms with van der Waals surface area (Å²) in [4.78, 5) is 27.0. The van der Waals surface area contributed by atoms with E-state index in [9.17, 15) is 9.59 Å². The molecule has 0 aromatic rings.